The molecule has 2 N–H and O–H groups in total. The van der Waals surface area contributed by atoms with Crippen LogP contribution in [0.1, 0.15) is 42.4 Å². The molecule has 1 aromatic carbocycles. The third-order valence-corrected chi connectivity index (χ3v) is 4.35. The molecular weight excluding hydrogens is 256 g/mol. The van der Waals surface area contributed by atoms with Crippen LogP contribution in [0.5, 0.6) is 0 Å². The lowest BCUT2D eigenvalue weighted by molar-refractivity contribution is 0.0564. The van der Waals surface area contributed by atoms with Crippen molar-refractivity contribution in [2.24, 2.45) is 0 Å². The maximum atomic E-state index is 11.3. The molecule has 0 bridgehead atoms. The van der Waals surface area contributed by atoms with Crippen LogP contribution in [0, 0.1) is 0 Å². The molecule has 1 aliphatic carbocycles. The van der Waals surface area contributed by atoms with Gasteiger partial charge in [-0.05, 0) is 31.4 Å². The zero-order chi connectivity index (χ0) is 14.3. The second-order valence-electron chi connectivity index (χ2n) is 5.43. The Balaban J connectivity index is 2.31. The predicted molar refractivity (Wildman–Crippen MR) is 75.0 cm³/mol. The van der Waals surface area contributed by atoms with Crippen molar-refractivity contribution in [1.29, 1.82) is 0 Å². The van der Waals surface area contributed by atoms with Crippen LogP contribution in [-0.2, 0) is 12.0 Å². The molecular formula is C15H18N2O3. The average Bonchev–Trinajstić information content (AvgIpc) is 2.77. The Hall–Kier alpha value is -1.88. The molecule has 3 rings (SSSR count). The first-order valence-corrected chi connectivity index (χ1v) is 6.98. The van der Waals surface area contributed by atoms with E-state index in [-0.39, 0.29) is 17.7 Å². The highest BCUT2D eigenvalue weighted by Gasteiger charge is 2.40. The monoisotopic (exact) mass is 274 g/mol. The average molecular weight is 274 g/mol. The van der Waals surface area contributed by atoms with E-state index in [0.29, 0.717) is 5.52 Å². The Bertz CT molecular complexity index is 666. The summed E-state index contributed by atoms with van der Waals surface area (Å²) in [5.74, 6) is -0.114. The van der Waals surface area contributed by atoms with Crippen LogP contribution in [-0.4, -0.2) is 32.3 Å². The van der Waals surface area contributed by atoms with Crippen molar-refractivity contribution in [1.82, 2.24) is 9.55 Å². The first kappa shape index (κ1) is 13.1. The molecule has 2 aromatic rings. The molecule has 1 aromatic heterocycles. The number of fused-ring (bicyclic) bond motifs is 1. The minimum absolute atomic E-state index is 0.0722. The van der Waals surface area contributed by atoms with Gasteiger partial charge in [0.15, 0.2) is 0 Å². The van der Waals surface area contributed by atoms with Gasteiger partial charge in [-0.15, -0.1) is 0 Å². The van der Waals surface area contributed by atoms with E-state index in [2.05, 4.69) is 9.55 Å². The van der Waals surface area contributed by atoms with Gasteiger partial charge < -0.3 is 14.8 Å². The number of aromatic nitrogens is 2. The summed E-state index contributed by atoms with van der Waals surface area (Å²) in [6.07, 6.45) is 3.63. The minimum atomic E-state index is -0.963. The molecule has 0 spiro atoms. The van der Waals surface area contributed by atoms with E-state index in [9.17, 15) is 15.0 Å². The van der Waals surface area contributed by atoms with Gasteiger partial charge in [0.2, 0.25) is 0 Å². The summed E-state index contributed by atoms with van der Waals surface area (Å²) < 4.78 is 2.07. The van der Waals surface area contributed by atoms with Crippen molar-refractivity contribution in [2.45, 2.75) is 38.1 Å². The van der Waals surface area contributed by atoms with Gasteiger partial charge in [0.25, 0.3) is 0 Å². The van der Waals surface area contributed by atoms with E-state index in [0.717, 1.165) is 37.0 Å². The number of hydrogen-bond donors (Lipinski definition) is 2. The van der Waals surface area contributed by atoms with E-state index < -0.39 is 5.97 Å². The van der Waals surface area contributed by atoms with Crippen LogP contribution in [0.15, 0.2) is 18.2 Å². The third-order valence-electron chi connectivity index (χ3n) is 4.35. The number of aliphatic hydroxyl groups excluding tert-OH is 1. The molecule has 0 aliphatic heterocycles. The molecule has 20 heavy (non-hydrogen) atoms. The molecule has 0 amide bonds. The number of imidazole rings is 1. The highest BCUT2D eigenvalue weighted by molar-refractivity contribution is 6.01. The topological polar surface area (TPSA) is 75.3 Å². The number of aryl methyl sites for hydroxylation is 1. The molecule has 0 atom stereocenters. The Morgan fingerprint density at radius 3 is 2.70 bits per heavy atom. The summed E-state index contributed by atoms with van der Waals surface area (Å²) in [7, 11) is 0. The van der Waals surface area contributed by atoms with Crippen LogP contribution in [0.25, 0.3) is 11.0 Å². The van der Waals surface area contributed by atoms with Crippen LogP contribution in [0.3, 0.4) is 0 Å². The van der Waals surface area contributed by atoms with E-state index in [1.54, 1.807) is 12.1 Å². The number of hydrogen-bond acceptors (Lipinski definition) is 3. The molecule has 1 aliphatic rings. The third kappa shape index (κ3) is 1.66. The Morgan fingerprint density at radius 2 is 2.20 bits per heavy atom. The van der Waals surface area contributed by atoms with Crippen LogP contribution in [0.2, 0.25) is 0 Å². The lowest BCUT2D eigenvalue weighted by Crippen LogP contribution is -2.44. The highest BCUT2D eigenvalue weighted by atomic mass is 16.4. The lowest BCUT2D eigenvalue weighted by Gasteiger charge is -2.43. The number of para-hydroxylation sites is 1. The van der Waals surface area contributed by atoms with Gasteiger partial charge in [0.05, 0.1) is 23.2 Å². The van der Waals surface area contributed by atoms with Gasteiger partial charge in [-0.1, -0.05) is 13.0 Å². The summed E-state index contributed by atoms with van der Waals surface area (Å²) >= 11 is 0. The summed E-state index contributed by atoms with van der Waals surface area (Å²) in [6, 6.07) is 5.21. The number of benzene rings is 1. The van der Waals surface area contributed by atoms with Crippen LogP contribution < -0.4 is 0 Å². The number of aromatic carboxylic acids is 1. The lowest BCUT2D eigenvalue weighted by atomic mass is 9.77. The van der Waals surface area contributed by atoms with Crippen LogP contribution in [0.4, 0.5) is 0 Å². The highest BCUT2D eigenvalue weighted by Crippen LogP contribution is 2.42. The van der Waals surface area contributed by atoms with E-state index >= 15 is 0 Å². The smallest absolute Gasteiger partial charge is 0.337 e. The van der Waals surface area contributed by atoms with Gasteiger partial charge in [-0.3, -0.25) is 0 Å². The molecule has 5 heteroatoms. The second-order valence-corrected chi connectivity index (χ2v) is 5.43. The number of nitrogens with zero attached hydrogens (tertiary/aromatic N) is 2. The van der Waals surface area contributed by atoms with Crippen molar-refractivity contribution in [3.05, 3.63) is 29.6 Å². The summed E-state index contributed by atoms with van der Waals surface area (Å²) in [5.41, 5.74) is 1.27. The van der Waals surface area contributed by atoms with Gasteiger partial charge >= 0.3 is 5.97 Å². The maximum absolute atomic E-state index is 11.3. The summed E-state index contributed by atoms with van der Waals surface area (Å²) in [5, 5.41) is 19.1. The Kier molecular flexibility index (Phi) is 3.01. The van der Waals surface area contributed by atoms with Crippen molar-refractivity contribution in [3.8, 4) is 0 Å². The van der Waals surface area contributed by atoms with Gasteiger partial charge in [0, 0.05) is 6.42 Å². The SMILES string of the molecule is CCc1nc2c(C(=O)O)cccc2n1C1(CO)CCC1. The number of carbonyl (C=O) groups is 1. The quantitative estimate of drug-likeness (QED) is 0.896. The standard InChI is InChI=1S/C15H18N2O3/c1-2-12-16-13-10(14(19)20)5-3-6-11(13)17(12)15(9-18)7-4-8-15/h3,5-6,18H,2,4,7-9H2,1H3,(H,19,20). The zero-order valence-corrected chi connectivity index (χ0v) is 11.5. The molecule has 1 heterocycles. The van der Waals surface area contributed by atoms with Crippen molar-refractivity contribution >= 4 is 17.0 Å². The van der Waals surface area contributed by atoms with Crippen molar-refractivity contribution < 1.29 is 15.0 Å². The molecule has 0 radical (unpaired) electrons. The molecule has 1 saturated carbocycles. The second kappa shape index (κ2) is 4.59. The van der Waals surface area contributed by atoms with Crippen molar-refractivity contribution in [3.63, 3.8) is 0 Å². The minimum Gasteiger partial charge on any atom is -0.478 e. The molecule has 0 unspecified atom stereocenters. The zero-order valence-electron chi connectivity index (χ0n) is 11.5. The molecule has 5 nitrogen and oxygen atoms in total. The first-order valence-electron chi connectivity index (χ1n) is 6.98. The van der Waals surface area contributed by atoms with Gasteiger partial charge in [-0.25, -0.2) is 9.78 Å². The van der Waals surface area contributed by atoms with Gasteiger partial charge in [-0.2, -0.15) is 0 Å². The number of carboxylic acids is 1. The van der Waals surface area contributed by atoms with Gasteiger partial charge in [0.1, 0.15) is 11.3 Å². The number of carboxylic acid groups (broad SMARTS) is 1. The number of rotatable bonds is 4. The van der Waals surface area contributed by atoms with Crippen molar-refractivity contribution in [2.75, 3.05) is 6.61 Å². The van der Waals surface area contributed by atoms with Crippen LogP contribution >= 0.6 is 0 Å². The maximum Gasteiger partial charge on any atom is 0.337 e. The summed E-state index contributed by atoms with van der Waals surface area (Å²) in [4.78, 5) is 15.8. The fourth-order valence-electron chi connectivity index (χ4n) is 3.12. The molecule has 1 fully saturated rings. The van der Waals surface area contributed by atoms with E-state index in [1.807, 2.05) is 13.0 Å². The normalized spacial score (nSPS) is 17.1. The Labute approximate surface area is 116 Å². The largest absolute Gasteiger partial charge is 0.478 e. The fourth-order valence-corrected chi connectivity index (χ4v) is 3.12. The number of aliphatic hydroxyl groups is 1. The summed E-state index contributed by atoms with van der Waals surface area (Å²) in [6.45, 7) is 2.07. The predicted octanol–water partition coefficient (Wildman–Crippen LogP) is 2.17. The fraction of sp³-hybridized carbons (Fsp3) is 0.467. The van der Waals surface area contributed by atoms with E-state index in [1.165, 1.54) is 0 Å². The Morgan fingerprint density at radius 1 is 1.45 bits per heavy atom. The molecule has 0 saturated heterocycles. The first-order chi connectivity index (χ1) is 9.63. The van der Waals surface area contributed by atoms with E-state index in [4.69, 9.17) is 0 Å². The molecule has 106 valence electrons.